The number of aliphatic hydroxyl groups excluding tert-OH is 1. The second-order valence-electron chi connectivity index (χ2n) is 9.48. The maximum Gasteiger partial charge on any atom is 0.573 e. The van der Waals surface area contributed by atoms with Gasteiger partial charge in [-0.25, -0.2) is 4.79 Å². The van der Waals surface area contributed by atoms with Crippen LogP contribution in [-0.4, -0.2) is 57.2 Å². The van der Waals surface area contributed by atoms with E-state index in [-0.39, 0.29) is 43.6 Å². The van der Waals surface area contributed by atoms with Gasteiger partial charge in [0.15, 0.2) is 17.6 Å². The summed E-state index contributed by atoms with van der Waals surface area (Å²) in [6.45, 7) is 4.80. The molecule has 236 valence electrons. The zero-order valence-corrected chi connectivity index (χ0v) is 24.1. The number of thiophene rings is 1. The number of aromatic amines is 1. The first-order valence-corrected chi connectivity index (χ1v) is 13.8. The van der Waals surface area contributed by atoms with Crippen LogP contribution in [0.15, 0.2) is 52.1 Å². The molecule has 0 fully saturated rings. The number of hydrogen-bond acceptors (Lipinski definition) is 7. The van der Waals surface area contributed by atoms with E-state index in [9.17, 15) is 45.8 Å². The molecule has 4 rings (SSSR count). The van der Waals surface area contributed by atoms with E-state index in [1.807, 2.05) is 18.8 Å². The Balaban J connectivity index is 1.76. The van der Waals surface area contributed by atoms with Crippen molar-refractivity contribution in [2.75, 3.05) is 13.1 Å². The fourth-order valence-corrected chi connectivity index (χ4v) is 5.73. The lowest BCUT2D eigenvalue weighted by atomic mass is 10.1. The van der Waals surface area contributed by atoms with Crippen LogP contribution in [0, 0.1) is 6.92 Å². The van der Waals surface area contributed by atoms with E-state index in [1.54, 1.807) is 4.90 Å². The Bertz CT molecular complexity index is 1790. The molecule has 0 unspecified atom stereocenters. The molecule has 2 aromatic heterocycles. The maximum atomic E-state index is 13.4. The molecule has 1 amide bonds. The number of carbonyl (C=O) groups is 1. The molecule has 0 saturated heterocycles. The van der Waals surface area contributed by atoms with Crippen LogP contribution in [0.1, 0.15) is 29.8 Å². The predicted octanol–water partition coefficient (Wildman–Crippen LogP) is 5.82. The average molecular weight is 646 g/mol. The lowest BCUT2D eigenvalue weighted by Crippen LogP contribution is -2.38. The largest absolute Gasteiger partial charge is 0.573 e. The van der Waals surface area contributed by atoms with Crippen LogP contribution in [0.5, 0.6) is 17.2 Å². The van der Waals surface area contributed by atoms with E-state index in [1.165, 1.54) is 43.3 Å². The molecule has 1 atom stereocenters. The molecule has 2 N–H and O–H groups in total. The minimum Gasteiger partial charge on any atom is -0.453 e. The standard InChI is InChI=1S/C28H25F6N3O6S/c1-4-36(5-2)24(40)15-6-9-17(10-7-15)42-18-11-8-16(12-19(18)43-28(32,33)34)22-14(3)21-23(39)35-26(41)37(25(21)44-22)13-20(38)27(29,30)31/h6-12,20,38H,4-5,13H2,1-3H3,(H,35,39,41)/t20-/m1/s1. The highest BCUT2D eigenvalue weighted by atomic mass is 32.1. The normalized spacial score (nSPS) is 12.8. The predicted molar refractivity (Wildman–Crippen MR) is 149 cm³/mol. The SMILES string of the molecule is CCN(CC)C(=O)c1ccc(Oc2ccc(-c3sc4c(c3C)c(=O)[nH]c(=O)n4C[C@@H](O)C(F)(F)F)cc2OC(F)(F)F)cc1. The van der Waals surface area contributed by atoms with E-state index in [0.717, 1.165) is 6.07 Å². The Morgan fingerprint density at radius 3 is 2.23 bits per heavy atom. The minimum atomic E-state index is -5.14. The van der Waals surface area contributed by atoms with Crippen molar-refractivity contribution >= 4 is 27.5 Å². The van der Waals surface area contributed by atoms with Gasteiger partial charge >= 0.3 is 18.2 Å². The van der Waals surface area contributed by atoms with Crippen molar-refractivity contribution in [3.05, 3.63) is 74.4 Å². The molecular formula is C28H25F6N3O6S. The van der Waals surface area contributed by atoms with E-state index < -0.39 is 42.2 Å². The fourth-order valence-electron chi connectivity index (χ4n) is 4.42. The van der Waals surface area contributed by atoms with Gasteiger partial charge in [0.25, 0.3) is 11.5 Å². The smallest absolute Gasteiger partial charge is 0.453 e. The lowest BCUT2D eigenvalue weighted by molar-refractivity contribution is -0.275. The second-order valence-corrected chi connectivity index (χ2v) is 10.5. The Kier molecular flexibility index (Phi) is 9.16. The number of hydrogen-bond donors (Lipinski definition) is 2. The van der Waals surface area contributed by atoms with Crippen LogP contribution >= 0.6 is 11.3 Å². The van der Waals surface area contributed by atoms with Gasteiger partial charge in [0.2, 0.25) is 0 Å². The van der Waals surface area contributed by atoms with Crippen LogP contribution < -0.4 is 20.7 Å². The van der Waals surface area contributed by atoms with Crippen molar-refractivity contribution in [2.45, 2.75) is 46.0 Å². The van der Waals surface area contributed by atoms with E-state index in [4.69, 9.17) is 4.74 Å². The molecule has 0 aliphatic carbocycles. The van der Waals surface area contributed by atoms with E-state index in [2.05, 4.69) is 4.74 Å². The van der Waals surface area contributed by atoms with Gasteiger partial charge in [0, 0.05) is 23.5 Å². The molecule has 44 heavy (non-hydrogen) atoms. The highest BCUT2D eigenvalue weighted by Gasteiger charge is 2.39. The Hall–Kier alpha value is -4.31. The zero-order chi connectivity index (χ0) is 32.6. The summed E-state index contributed by atoms with van der Waals surface area (Å²) >= 11 is 0.682. The third-order valence-electron chi connectivity index (χ3n) is 6.61. The summed E-state index contributed by atoms with van der Waals surface area (Å²) in [7, 11) is 0. The van der Waals surface area contributed by atoms with Crippen molar-refractivity contribution in [2.24, 2.45) is 0 Å². The summed E-state index contributed by atoms with van der Waals surface area (Å²) in [6.07, 6.45) is -13.1. The number of amides is 1. The molecule has 16 heteroatoms. The van der Waals surface area contributed by atoms with Crippen LogP contribution in [0.2, 0.25) is 0 Å². The van der Waals surface area contributed by atoms with Gasteiger partial charge in [-0.1, -0.05) is 0 Å². The molecular weight excluding hydrogens is 620 g/mol. The number of aryl methyl sites for hydroxylation is 1. The number of benzene rings is 2. The third kappa shape index (κ3) is 6.91. The molecule has 0 saturated carbocycles. The van der Waals surface area contributed by atoms with Gasteiger partial charge in [0.1, 0.15) is 10.6 Å². The van der Waals surface area contributed by atoms with Gasteiger partial charge in [0.05, 0.1) is 11.9 Å². The van der Waals surface area contributed by atoms with Crippen molar-refractivity contribution in [1.82, 2.24) is 14.5 Å². The maximum absolute atomic E-state index is 13.4. The summed E-state index contributed by atoms with van der Waals surface area (Å²) in [5.41, 5.74) is -1.53. The van der Waals surface area contributed by atoms with Gasteiger partial charge in [-0.2, -0.15) is 13.2 Å². The van der Waals surface area contributed by atoms with Crippen LogP contribution in [0.4, 0.5) is 26.3 Å². The lowest BCUT2D eigenvalue weighted by Gasteiger charge is -2.19. The topological polar surface area (TPSA) is 114 Å². The third-order valence-corrected chi connectivity index (χ3v) is 7.97. The number of nitrogens with one attached hydrogen (secondary N) is 1. The molecule has 2 aromatic carbocycles. The van der Waals surface area contributed by atoms with Crippen LogP contribution in [0.25, 0.3) is 20.7 Å². The number of halogens is 6. The number of rotatable bonds is 9. The van der Waals surface area contributed by atoms with Gasteiger partial charge in [-0.05, 0) is 74.4 Å². The first kappa shape index (κ1) is 32.6. The number of alkyl halides is 6. The average Bonchev–Trinajstić information content (AvgIpc) is 3.28. The van der Waals surface area contributed by atoms with Crippen molar-refractivity contribution < 1.29 is 45.7 Å². The van der Waals surface area contributed by atoms with E-state index in [0.29, 0.717) is 34.6 Å². The summed E-state index contributed by atoms with van der Waals surface area (Å²) in [4.78, 5) is 41.0. The quantitative estimate of drug-likeness (QED) is 0.222. The Morgan fingerprint density at radius 2 is 1.66 bits per heavy atom. The van der Waals surface area contributed by atoms with Crippen molar-refractivity contribution in [3.63, 3.8) is 0 Å². The first-order valence-electron chi connectivity index (χ1n) is 13.0. The van der Waals surface area contributed by atoms with Gasteiger partial charge in [-0.3, -0.25) is 19.1 Å². The first-order chi connectivity index (χ1) is 20.5. The molecule has 0 aliphatic rings. The molecule has 0 radical (unpaired) electrons. The van der Waals surface area contributed by atoms with Crippen LogP contribution in [-0.2, 0) is 6.54 Å². The van der Waals surface area contributed by atoms with Crippen LogP contribution in [0.3, 0.4) is 0 Å². The number of aromatic nitrogens is 2. The van der Waals surface area contributed by atoms with Crippen molar-refractivity contribution in [3.8, 4) is 27.7 Å². The number of fused-ring (bicyclic) bond motifs is 1. The highest BCUT2D eigenvalue weighted by Crippen LogP contribution is 2.42. The number of ether oxygens (including phenoxy) is 2. The molecule has 4 aromatic rings. The molecule has 2 heterocycles. The molecule has 0 bridgehead atoms. The number of nitrogens with zero attached hydrogens (tertiary/aromatic N) is 2. The Labute approximate surface area is 248 Å². The summed E-state index contributed by atoms with van der Waals surface area (Å²) in [5, 5.41) is 9.37. The summed E-state index contributed by atoms with van der Waals surface area (Å²) < 4.78 is 89.6. The van der Waals surface area contributed by atoms with E-state index >= 15 is 0 Å². The van der Waals surface area contributed by atoms with Gasteiger partial charge in [-0.15, -0.1) is 24.5 Å². The summed E-state index contributed by atoms with van der Waals surface area (Å²) in [5.74, 6) is -1.26. The highest BCUT2D eigenvalue weighted by molar-refractivity contribution is 7.22. The van der Waals surface area contributed by atoms with Crippen molar-refractivity contribution in [1.29, 1.82) is 0 Å². The molecule has 0 aliphatic heterocycles. The Morgan fingerprint density at radius 1 is 1.02 bits per heavy atom. The molecule has 9 nitrogen and oxygen atoms in total. The minimum absolute atomic E-state index is 0.0743. The number of H-pyrrole nitrogens is 1. The number of carbonyl (C=O) groups excluding carboxylic acids is 1. The number of aliphatic hydroxyl groups is 1. The zero-order valence-electron chi connectivity index (χ0n) is 23.3. The fraction of sp³-hybridized carbons (Fsp3) is 0.321. The van der Waals surface area contributed by atoms with Gasteiger partial charge < -0.3 is 19.5 Å². The monoisotopic (exact) mass is 645 g/mol. The summed E-state index contributed by atoms with van der Waals surface area (Å²) in [6, 6.07) is 9.21. The molecule has 0 spiro atoms. The second kappa shape index (κ2) is 12.4.